The van der Waals surface area contributed by atoms with E-state index in [4.69, 9.17) is 0 Å². The van der Waals surface area contributed by atoms with Gasteiger partial charge in [0, 0.05) is 0 Å². The van der Waals surface area contributed by atoms with Gasteiger partial charge in [-0.15, -0.1) is 0 Å². The van der Waals surface area contributed by atoms with Gasteiger partial charge in [-0.2, -0.15) is 0 Å². The molecule has 0 aliphatic heterocycles. The molecule has 0 spiro atoms. The molecule has 0 unspecified atom stereocenters. The highest BCUT2D eigenvalue weighted by Gasteiger charge is 2.23. The Morgan fingerprint density at radius 3 is 2.59 bits per heavy atom. The van der Waals surface area contributed by atoms with Crippen LogP contribution in [0.25, 0.3) is 0 Å². The number of nitrogens with one attached hydrogen (secondary N) is 1. The summed E-state index contributed by atoms with van der Waals surface area (Å²) in [6.07, 6.45) is 4.33. The standard InChI is InChI=1S/C18H20N2O2/c1-12(17-9-8-16(21)11-19-17)20-18(22)10-13-2-4-14(5-3-13)15-6-7-15/h2-5,8-9,11-12,15,21H,6-7,10H2,1H3,(H,20,22)/t12-/m1/s1. The Hall–Kier alpha value is -2.36. The first-order valence-electron chi connectivity index (χ1n) is 7.65. The number of carbonyl (C=O) groups is 1. The maximum Gasteiger partial charge on any atom is 0.224 e. The molecule has 1 atom stereocenters. The molecule has 4 nitrogen and oxygen atoms in total. The Bertz CT molecular complexity index is 646. The Morgan fingerprint density at radius 1 is 1.27 bits per heavy atom. The van der Waals surface area contributed by atoms with Gasteiger partial charge in [0.05, 0.1) is 24.4 Å². The summed E-state index contributed by atoms with van der Waals surface area (Å²) in [6, 6.07) is 11.4. The molecule has 4 heteroatoms. The number of carbonyl (C=O) groups excluding carboxylic acids is 1. The predicted molar refractivity (Wildman–Crippen MR) is 84.6 cm³/mol. The SMILES string of the molecule is C[C@@H](NC(=O)Cc1ccc(C2CC2)cc1)c1ccc(O)cn1. The number of pyridine rings is 1. The highest BCUT2D eigenvalue weighted by atomic mass is 16.3. The van der Waals surface area contributed by atoms with E-state index >= 15 is 0 Å². The summed E-state index contributed by atoms with van der Waals surface area (Å²) in [5.41, 5.74) is 3.13. The summed E-state index contributed by atoms with van der Waals surface area (Å²) < 4.78 is 0. The van der Waals surface area contributed by atoms with E-state index in [0.717, 1.165) is 17.2 Å². The first-order chi connectivity index (χ1) is 10.6. The van der Waals surface area contributed by atoms with Crippen molar-refractivity contribution in [3.8, 4) is 5.75 Å². The van der Waals surface area contributed by atoms with Crippen LogP contribution in [0.5, 0.6) is 5.75 Å². The summed E-state index contributed by atoms with van der Waals surface area (Å²) in [7, 11) is 0. The number of aromatic hydroxyl groups is 1. The van der Waals surface area contributed by atoms with E-state index in [-0.39, 0.29) is 17.7 Å². The van der Waals surface area contributed by atoms with Crippen LogP contribution in [0.3, 0.4) is 0 Å². The maximum atomic E-state index is 12.1. The monoisotopic (exact) mass is 296 g/mol. The second kappa shape index (κ2) is 6.18. The van der Waals surface area contributed by atoms with Gasteiger partial charge >= 0.3 is 0 Å². The van der Waals surface area contributed by atoms with Crippen LogP contribution in [0.2, 0.25) is 0 Å². The van der Waals surface area contributed by atoms with Crippen LogP contribution in [0.4, 0.5) is 0 Å². The van der Waals surface area contributed by atoms with E-state index < -0.39 is 0 Å². The number of hydrogen-bond donors (Lipinski definition) is 2. The minimum Gasteiger partial charge on any atom is -0.506 e. The van der Waals surface area contributed by atoms with Crippen LogP contribution >= 0.6 is 0 Å². The van der Waals surface area contributed by atoms with Crippen LogP contribution in [0, 0.1) is 0 Å². The third-order valence-corrected chi connectivity index (χ3v) is 3.99. The van der Waals surface area contributed by atoms with Crippen LogP contribution < -0.4 is 5.32 Å². The van der Waals surface area contributed by atoms with Gasteiger partial charge in [0.2, 0.25) is 5.91 Å². The molecule has 2 N–H and O–H groups in total. The van der Waals surface area contributed by atoms with Crippen molar-refractivity contribution >= 4 is 5.91 Å². The lowest BCUT2D eigenvalue weighted by atomic mass is 10.1. The lowest BCUT2D eigenvalue weighted by Crippen LogP contribution is -2.28. The second-order valence-electron chi connectivity index (χ2n) is 5.92. The van der Waals surface area contributed by atoms with Crippen LogP contribution in [-0.4, -0.2) is 16.0 Å². The van der Waals surface area contributed by atoms with Gasteiger partial charge in [0.15, 0.2) is 0 Å². The summed E-state index contributed by atoms with van der Waals surface area (Å²) in [4.78, 5) is 16.2. The number of aromatic nitrogens is 1. The molecule has 0 saturated heterocycles. The molecule has 1 aromatic heterocycles. The fraction of sp³-hybridized carbons (Fsp3) is 0.333. The zero-order valence-electron chi connectivity index (χ0n) is 12.6. The maximum absolute atomic E-state index is 12.1. The van der Waals surface area contributed by atoms with Gasteiger partial charge in [-0.25, -0.2) is 0 Å². The average Bonchev–Trinajstić information content (AvgIpc) is 3.33. The Balaban J connectivity index is 1.55. The minimum absolute atomic E-state index is 0.0263. The van der Waals surface area contributed by atoms with Gasteiger partial charge in [0.1, 0.15) is 5.75 Å². The first kappa shape index (κ1) is 14.6. The molecule has 1 fully saturated rings. The molecule has 1 amide bonds. The quantitative estimate of drug-likeness (QED) is 0.891. The number of nitrogens with zero attached hydrogens (tertiary/aromatic N) is 1. The van der Waals surface area contributed by atoms with Crippen LogP contribution in [0.15, 0.2) is 42.6 Å². The van der Waals surface area contributed by atoms with Crippen molar-refractivity contribution in [2.24, 2.45) is 0 Å². The van der Waals surface area contributed by atoms with E-state index in [2.05, 4.69) is 22.4 Å². The van der Waals surface area contributed by atoms with E-state index in [1.807, 2.05) is 19.1 Å². The third kappa shape index (κ3) is 3.64. The van der Waals surface area contributed by atoms with E-state index in [1.54, 1.807) is 12.1 Å². The molecule has 1 aromatic carbocycles. The molecule has 1 heterocycles. The Morgan fingerprint density at radius 2 is 2.00 bits per heavy atom. The Kier molecular flexibility index (Phi) is 4.09. The summed E-state index contributed by atoms with van der Waals surface area (Å²) in [5, 5.41) is 12.2. The normalized spacial score (nSPS) is 15.3. The van der Waals surface area contributed by atoms with E-state index in [1.165, 1.54) is 24.6 Å². The third-order valence-electron chi connectivity index (χ3n) is 3.99. The molecule has 114 valence electrons. The van der Waals surface area contributed by atoms with E-state index in [9.17, 15) is 9.90 Å². The molecule has 22 heavy (non-hydrogen) atoms. The van der Waals surface area contributed by atoms with E-state index in [0.29, 0.717) is 6.42 Å². The highest BCUT2D eigenvalue weighted by molar-refractivity contribution is 5.78. The van der Waals surface area contributed by atoms with Crippen molar-refractivity contribution in [2.45, 2.75) is 38.1 Å². The zero-order valence-corrected chi connectivity index (χ0v) is 12.6. The zero-order chi connectivity index (χ0) is 15.5. The molecular formula is C18H20N2O2. The summed E-state index contributed by atoms with van der Waals surface area (Å²) in [6.45, 7) is 1.88. The van der Waals surface area contributed by atoms with Gasteiger partial charge in [-0.1, -0.05) is 24.3 Å². The average molecular weight is 296 g/mol. The summed E-state index contributed by atoms with van der Waals surface area (Å²) >= 11 is 0. The lowest BCUT2D eigenvalue weighted by molar-refractivity contribution is -0.121. The van der Waals surface area contributed by atoms with Gasteiger partial charge in [-0.05, 0) is 48.9 Å². The number of rotatable bonds is 5. The molecule has 0 bridgehead atoms. The second-order valence-corrected chi connectivity index (χ2v) is 5.92. The smallest absolute Gasteiger partial charge is 0.224 e. The molecule has 1 aliphatic rings. The number of benzene rings is 1. The van der Waals surface area contributed by atoms with Crippen molar-refractivity contribution in [3.05, 3.63) is 59.4 Å². The van der Waals surface area contributed by atoms with Gasteiger partial charge in [-0.3, -0.25) is 9.78 Å². The topological polar surface area (TPSA) is 62.2 Å². The van der Waals surface area contributed by atoms with Crippen molar-refractivity contribution in [2.75, 3.05) is 0 Å². The molecule has 0 radical (unpaired) electrons. The number of amides is 1. The van der Waals surface area contributed by atoms with Gasteiger partial charge < -0.3 is 10.4 Å². The fourth-order valence-electron chi connectivity index (χ4n) is 2.53. The minimum atomic E-state index is -0.182. The van der Waals surface area contributed by atoms with Crippen LogP contribution in [-0.2, 0) is 11.2 Å². The Labute approximate surface area is 130 Å². The van der Waals surface area contributed by atoms with Crippen LogP contribution in [0.1, 0.15) is 48.5 Å². The van der Waals surface area contributed by atoms with Crippen molar-refractivity contribution < 1.29 is 9.90 Å². The van der Waals surface area contributed by atoms with Gasteiger partial charge in [0.25, 0.3) is 0 Å². The van der Waals surface area contributed by atoms with Crippen molar-refractivity contribution in [3.63, 3.8) is 0 Å². The first-order valence-corrected chi connectivity index (χ1v) is 7.65. The molecule has 1 aliphatic carbocycles. The molecule has 3 rings (SSSR count). The largest absolute Gasteiger partial charge is 0.506 e. The lowest BCUT2D eigenvalue weighted by Gasteiger charge is -2.13. The number of hydrogen-bond acceptors (Lipinski definition) is 3. The highest BCUT2D eigenvalue weighted by Crippen LogP contribution is 2.39. The molecular weight excluding hydrogens is 276 g/mol. The van der Waals surface area contributed by atoms with Crippen molar-refractivity contribution in [1.82, 2.24) is 10.3 Å². The predicted octanol–water partition coefficient (Wildman–Crippen LogP) is 3.08. The molecule has 2 aromatic rings. The molecule has 1 saturated carbocycles. The fourth-order valence-corrected chi connectivity index (χ4v) is 2.53. The van der Waals surface area contributed by atoms with Crippen molar-refractivity contribution in [1.29, 1.82) is 0 Å². The summed E-state index contributed by atoms with van der Waals surface area (Å²) in [5.74, 6) is 0.836.